The molecular formula is C23H17FN4O. The molecule has 4 rings (SSSR count). The third-order valence-electron chi connectivity index (χ3n) is 4.29. The second-order valence-corrected chi connectivity index (χ2v) is 6.29. The molecule has 0 atom stereocenters. The summed E-state index contributed by atoms with van der Waals surface area (Å²) in [7, 11) is 0. The molecule has 0 saturated carbocycles. The molecule has 0 unspecified atom stereocenters. The number of carbonyl (C=O) groups excluding carboxylic acids is 1. The van der Waals surface area contributed by atoms with Crippen LogP contribution in [0.5, 0.6) is 0 Å². The van der Waals surface area contributed by atoms with Crippen LogP contribution >= 0.6 is 0 Å². The second-order valence-electron chi connectivity index (χ2n) is 6.29. The van der Waals surface area contributed by atoms with E-state index in [1.54, 1.807) is 41.1 Å². The fourth-order valence-electron chi connectivity index (χ4n) is 2.84. The second kappa shape index (κ2) is 8.31. The molecule has 142 valence electrons. The highest BCUT2D eigenvalue weighted by atomic mass is 19.1. The molecule has 0 saturated heterocycles. The number of nitrogens with one attached hydrogen (secondary N) is 1. The van der Waals surface area contributed by atoms with Crippen molar-refractivity contribution in [3.8, 4) is 16.9 Å². The summed E-state index contributed by atoms with van der Waals surface area (Å²) in [6.45, 7) is 0. The van der Waals surface area contributed by atoms with Gasteiger partial charge in [-0.1, -0.05) is 36.4 Å². The van der Waals surface area contributed by atoms with E-state index in [1.165, 1.54) is 18.3 Å². The Hall–Kier alpha value is -4.06. The Kier molecular flexibility index (Phi) is 5.25. The highest BCUT2D eigenvalue weighted by Gasteiger charge is 2.11. The Labute approximate surface area is 167 Å². The first-order valence-corrected chi connectivity index (χ1v) is 9.00. The SMILES string of the molecule is O=C(N/N=C\c1cn(-c2ccccc2)nc1-c1ccc(F)cc1)c1ccccc1. The molecule has 1 heterocycles. The van der Waals surface area contributed by atoms with Crippen molar-refractivity contribution in [3.63, 3.8) is 0 Å². The lowest BCUT2D eigenvalue weighted by Gasteiger charge is -2.00. The number of hydrogen-bond donors (Lipinski definition) is 1. The summed E-state index contributed by atoms with van der Waals surface area (Å²) in [4.78, 5) is 12.2. The van der Waals surface area contributed by atoms with Crippen molar-refractivity contribution in [2.45, 2.75) is 0 Å². The van der Waals surface area contributed by atoms with Gasteiger partial charge in [0.15, 0.2) is 0 Å². The van der Waals surface area contributed by atoms with Gasteiger partial charge in [0.05, 0.1) is 11.9 Å². The van der Waals surface area contributed by atoms with Crippen LogP contribution in [0.1, 0.15) is 15.9 Å². The molecule has 4 aromatic rings. The number of carbonyl (C=O) groups is 1. The number of halogens is 1. The van der Waals surface area contributed by atoms with Gasteiger partial charge in [0.2, 0.25) is 0 Å². The van der Waals surface area contributed by atoms with E-state index in [2.05, 4.69) is 15.6 Å². The van der Waals surface area contributed by atoms with E-state index >= 15 is 0 Å². The van der Waals surface area contributed by atoms with Crippen LogP contribution in [0.25, 0.3) is 16.9 Å². The summed E-state index contributed by atoms with van der Waals surface area (Å²) in [5.41, 5.74) is 5.98. The molecule has 29 heavy (non-hydrogen) atoms. The first-order valence-electron chi connectivity index (χ1n) is 9.00. The van der Waals surface area contributed by atoms with Crippen LogP contribution in [0, 0.1) is 5.82 Å². The maximum atomic E-state index is 13.3. The van der Waals surface area contributed by atoms with Gasteiger partial charge in [0, 0.05) is 22.9 Å². The minimum atomic E-state index is -0.318. The van der Waals surface area contributed by atoms with Crippen molar-refractivity contribution in [2.75, 3.05) is 0 Å². The summed E-state index contributed by atoms with van der Waals surface area (Å²) in [6.07, 6.45) is 3.35. The fraction of sp³-hybridized carbons (Fsp3) is 0. The van der Waals surface area contributed by atoms with Crippen molar-refractivity contribution < 1.29 is 9.18 Å². The van der Waals surface area contributed by atoms with Gasteiger partial charge in [-0.05, 0) is 48.5 Å². The number of benzene rings is 3. The van der Waals surface area contributed by atoms with Crippen LogP contribution in [0.4, 0.5) is 4.39 Å². The molecule has 1 amide bonds. The van der Waals surface area contributed by atoms with Crippen molar-refractivity contribution in [2.24, 2.45) is 5.10 Å². The van der Waals surface area contributed by atoms with E-state index in [9.17, 15) is 9.18 Å². The Morgan fingerprint density at radius 3 is 2.28 bits per heavy atom. The molecule has 0 aliphatic heterocycles. The standard InChI is InChI=1S/C23H17FN4O/c24-20-13-11-17(12-14-20)22-19(16-28(27-22)21-9-5-2-6-10-21)15-25-26-23(29)18-7-3-1-4-8-18/h1-16H,(H,26,29)/b25-15-. The number of para-hydroxylation sites is 1. The normalized spacial score (nSPS) is 10.9. The predicted molar refractivity (Wildman–Crippen MR) is 110 cm³/mol. The predicted octanol–water partition coefficient (Wildman–Crippen LogP) is 4.44. The van der Waals surface area contributed by atoms with Crippen LogP contribution in [-0.4, -0.2) is 21.9 Å². The molecule has 0 aliphatic carbocycles. The molecule has 0 bridgehead atoms. The van der Waals surface area contributed by atoms with Crippen LogP contribution in [-0.2, 0) is 0 Å². The van der Waals surface area contributed by atoms with Gasteiger partial charge in [-0.25, -0.2) is 14.5 Å². The molecule has 0 radical (unpaired) electrons. The maximum Gasteiger partial charge on any atom is 0.271 e. The van der Waals surface area contributed by atoms with Crippen molar-refractivity contribution in [1.29, 1.82) is 0 Å². The van der Waals surface area contributed by atoms with Crippen LogP contribution in [0.2, 0.25) is 0 Å². The number of nitrogens with zero attached hydrogens (tertiary/aromatic N) is 3. The zero-order valence-electron chi connectivity index (χ0n) is 15.4. The smallest absolute Gasteiger partial charge is 0.267 e. The molecule has 0 fully saturated rings. The van der Waals surface area contributed by atoms with Gasteiger partial charge in [0.1, 0.15) is 11.5 Å². The lowest BCUT2D eigenvalue weighted by atomic mass is 10.1. The zero-order valence-corrected chi connectivity index (χ0v) is 15.4. The Morgan fingerprint density at radius 2 is 1.59 bits per heavy atom. The third kappa shape index (κ3) is 4.27. The summed E-state index contributed by atoms with van der Waals surface area (Å²) >= 11 is 0. The van der Waals surface area contributed by atoms with Gasteiger partial charge in [-0.3, -0.25) is 4.79 Å². The minimum absolute atomic E-state index is 0.305. The van der Waals surface area contributed by atoms with E-state index in [1.807, 2.05) is 42.6 Å². The van der Waals surface area contributed by atoms with Crippen LogP contribution < -0.4 is 5.43 Å². The lowest BCUT2D eigenvalue weighted by molar-refractivity contribution is 0.0955. The van der Waals surface area contributed by atoms with E-state index in [0.29, 0.717) is 16.8 Å². The average molecular weight is 384 g/mol. The molecular weight excluding hydrogens is 367 g/mol. The summed E-state index contributed by atoms with van der Waals surface area (Å²) in [5, 5.41) is 8.70. The highest BCUT2D eigenvalue weighted by Crippen LogP contribution is 2.23. The molecule has 6 heteroatoms. The fourth-order valence-corrected chi connectivity index (χ4v) is 2.84. The topological polar surface area (TPSA) is 59.3 Å². The lowest BCUT2D eigenvalue weighted by Crippen LogP contribution is -2.17. The molecule has 3 aromatic carbocycles. The van der Waals surface area contributed by atoms with E-state index in [0.717, 1.165) is 11.3 Å². The quantitative estimate of drug-likeness (QED) is 0.408. The summed E-state index contributed by atoms with van der Waals surface area (Å²) in [5.74, 6) is -0.623. The van der Waals surface area contributed by atoms with Crippen molar-refractivity contribution in [3.05, 3.63) is 108 Å². The average Bonchev–Trinajstić information content (AvgIpc) is 3.19. The maximum absolute atomic E-state index is 13.3. The largest absolute Gasteiger partial charge is 0.271 e. The summed E-state index contributed by atoms with van der Waals surface area (Å²) < 4.78 is 15.0. The van der Waals surface area contributed by atoms with Crippen molar-refractivity contribution >= 4 is 12.1 Å². The first-order chi connectivity index (χ1) is 14.2. The third-order valence-corrected chi connectivity index (χ3v) is 4.29. The zero-order chi connectivity index (χ0) is 20.1. The summed E-state index contributed by atoms with van der Waals surface area (Å²) in [6, 6.07) is 24.5. The van der Waals surface area contributed by atoms with E-state index < -0.39 is 0 Å². The monoisotopic (exact) mass is 384 g/mol. The molecule has 5 nitrogen and oxygen atoms in total. The number of hydrogen-bond acceptors (Lipinski definition) is 3. The van der Waals surface area contributed by atoms with Crippen LogP contribution in [0.15, 0.2) is 96.2 Å². The number of hydrazone groups is 1. The number of rotatable bonds is 5. The minimum Gasteiger partial charge on any atom is -0.267 e. The van der Waals surface area contributed by atoms with E-state index in [-0.39, 0.29) is 11.7 Å². The highest BCUT2D eigenvalue weighted by molar-refractivity contribution is 5.95. The van der Waals surface area contributed by atoms with Gasteiger partial charge in [-0.2, -0.15) is 10.2 Å². The van der Waals surface area contributed by atoms with Gasteiger partial charge in [-0.15, -0.1) is 0 Å². The number of aromatic nitrogens is 2. The Morgan fingerprint density at radius 1 is 0.931 bits per heavy atom. The molecule has 0 spiro atoms. The Balaban J connectivity index is 1.64. The van der Waals surface area contributed by atoms with Gasteiger partial charge >= 0.3 is 0 Å². The van der Waals surface area contributed by atoms with Gasteiger partial charge in [0.25, 0.3) is 5.91 Å². The molecule has 1 N–H and O–H groups in total. The molecule has 1 aromatic heterocycles. The first kappa shape index (κ1) is 18.3. The van der Waals surface area contributed by atoms with Gasteiger partial charge < -0.3 is 0 Å². The Bertz CT molecular complexity index is 1140. The number of amides is 1. The van der Waals surface area contributed by atoms with Crippen LogP contribution in [0.3, 0.4) is 0 Å². The van der Waals surface area contributed by atoms with E-state index in [4.69, 9.17) is 0 Å². The van der Waals surface area contributed by atoms with Crippen molar-refractivity contribution in [1.82, 2.24) is 15.2 Å². The molecule has 0 aliphatic rings.